The second-order valence-corrected chi connectivity index (χ2v) is 8.03. The molecule has 2 aliphatic rings. The Bertz CT molecular complexity index is 567. The van der Waals surface area contributed by atoms with E-state index in [0.29, 0.717) is 13.2 Å². The summed E-state index contributed by atoms with van der Waals surface area (Å²) < 4.78 is 11.9. The van der Waals surface area contributed by atoms with Gasteiger partial charge in [0.2, 0.25) is 5.91 Å². The van der Waals surface area contributed by atoms with E-state index in [2.05, 4.69) is 38.3 Å². The molecule has 0 atom stereocenters. The summed E-state index contributed by atoms with van der Waals surface area (Å²) in [5.74, 6) is 0.148. The molecule has 2 saturated heterocycles. The highest BCUT2D eigenvalue weighted by Crippen LogP contribution is 2.35. The first-order chi connectivity index (χ1) is 12.7. The molecule has 1 aromatic rings. The summed E-state index contributed by atoms with van der Waals surface area (Å²) >= 11 is 3.48. The van der Waals surface area contributed by atoms with Crippen molar-refractivity contribution in [3.8, 4) is 0 Å². The summed E-state index contributed by atoms with van der Waals surface area (Å²) in [6.07, 6.45) is 3.60. The van der Waals surface area contributed by atoms with Gasteiger partial charge in [-0.1, -0.05) is 28.1 Å². The van der Waals surface area contributed by atoms with Crippen LogP contribution in [0.15, 0.2) is 28.7 Å². The van der Waals surface area contributed by atoms with Crippen LogP contribution >= 0.6 is 15.9 Å². The minimum absolute atomic E-state index is 0.148. The number of hydrogen-bond acceptors (Lipinski definition) is 4. The van der Waals surface area contributed by atoms with Gasteiger partial charge in [0, 0.05) is 37.3 Å². The zero-order valence-corrected chi connectivity index (χ0v) is 16.9. The molecule has 0 aliphatic carbocycles. The topological polar surface area (TPSA) is 50.8 Å². The Kier molecular flexibility index (Phi) is 7.49. The van der Waals surface area contributed by atoms with Crippen molar-refractivity contribution in [1.29, 1.82) is 0 Å². The number of ether oxygens (including phenoxy) is 2. The molecular weight excluding hydrogens is 396 g/mol. The smallest absolute Gasteiger partial charge is 0.230 e. The zero-order chi connectivity index (χ0) is 18.2. The molecule has 6 heteroatoms. The van der Waals surface area contributed by atoms with Crippen molar-refractivity contribution in [2.45, 2.75) is 31.1 Å². The van der Waals surface area contributed by atoms with Gasteiger partial charge in [-0.3, -0.25) is 9.69 Å². The minimum Gasteiger partial charge on any atom is -0.381 e. The van der Waals surface area contributed by atoms with Crippen molar-refractivity contribution in [3.05, 3.63) is 34.3 Å². The second kappa shape index (κ2) is 9.83. The summed E-state index contributed by atoms with van der Waals surface area (Å²) in [7, 11) is 0. The maximum atomic E-state index is 13.1. The highest BCUT2D eigenvalue weighted by molar-refractivity contribution is 9.10. The quantitative estimate of drug-likeness (QED) is 0.683. The van der Waals surface area contributed by atoms with Crippen LogP contribution < -0.4 is 5.32 Å². The summed E-state index contributed by atoms with van der Waals surface area (Å²) in [6, 6.07) is 8.16. The van der Waals surface area contributed by atoms with Crippen LogP contribution in [-0.2, 0) is 19.7 Å². The largest absolute Gasteiger partial charge is 0.381 e. The Morgan fingerprint density at radius 3 is 2.38 bits per heavy atom. The van der Waals surface area contributed by atoms with Gasteiger partial charge in [-0.2, -0.15) is 0 Å². The minimum atomic E-state index is -0.455. The highest BCUT2D eigenvalue weighted by Gasteiger charge is 2.41. The first-order valence-electron chi connectivity index (χ1n) is 9.63. The number of rotatable bonds is 7. The van der Waals surface area contributed by atoms with Crippen LogP contribution in [0.4, 0.5) is 0 Å². The Labute approximate surface area is 164 Å². The monoisotopic (exact) mass is 424 g/mol. The van der Waals surface area contributed by atoms with Crippen LogP contribution in [0, 0.1) is 0 Å². The summed E-state index contributed by atoms with van der Waals surface area (Å²) in [5.41, 5.74) is 0.637. The Morgan fingerprint density at radius 1 is 1.04 bits per heavy atom. The van der Waals surface area contributed by atoms with Gasteiger partial charge in [0.1, 0.15) is 0 Å². The predicted octanol–water partition coefficient (Wildman–Crippen LogP) is 2.73. The summed E-state index contributed by atoms with van der Waals surface area (Å²) in [5, 5.41) is 3.19. The molecule has 2 heterocycles. The number of benzene rings is 1. The van der Waals surface area contributed by atoms with E-state index in [1.807, 2.05) is 12.1 Å². The van der Waals surface area contributed by atoms with Gasteiger partial charge in [0.05, 0.1) is 18.6 Å². The molecule has 5 nitrogen and oxygen atoms in total. The predicted molar refractivity (Wildman–Crippen MR) is 105 cm³/mol. The number of amides is 1. The average molecular weight is 425 g/mol. The maximum Gasteiger partial charge on any atom is 0.230 e. The first kappa shape index (κ1) is 19.8. The fourth-order valence-electron chi connectivity index (χ4n) is 3.79. The van der Waals surface area contributed by atoms with Crippen molar-refractivity contribution in [2.75, 3.05) is 52.6 Å². The molecule has 0 saturated carbocycles. The molecule has 1 aromatic carbocycles. The summed E-state index contributed by atoms with van der Waals surface area (Å²) in [4.78, 5) is 15.5. The lowest BCUT2D eigenvalue weighted by Gasteiger charge is -2.36. The molecule has 3 rings (SSSR count). The van der Waals surface area contributed by atoms with Gasteiger partial charge < -0.3 is 14.8 Å². The van der Waals surface area contributed by atoms with Crippen LogP contribution in [0.3, 0.4) is 0 Å². The molecule has 144 valence electrons. The van der Waals surface area contributed by atoms with E-state index in [1.165, 1.54) is 0 Å². The van der Waals surface area contributed by atoms with E-state index in [0.717, 1.165) is 75.1 Å². The maximum absolute atomic E-state index is 13.1. The second-order valence-electron chi connectivity index (χ2n) is 7.12. The number of carbonyl (C=O) groups is 1. The van der Waals surface area contributed by atoms with Crippen molar-refractivity contribution >= 4 is 21.8 Å². The molecule has 2 fully saturated rings. The van der Waals surface area contributed by atoms with Crippen molar-refractivity contribution in [2.24, 2.45) is 0 Å². The van der Waals surface area contributed by atoms with E-state index in [4.69, 9.17) is 9.47 Å². The van der Waals surface area contributed by atoms with Gasteiger partial charge in [0.25, 0.3) is 0 Å². The average Bonchev–Trinajstić information content (AvgIpc) is 2.69. The van der Waals surface area contributed by atoms with Gasteiger partial charge in [0.15, 0.2) is 0 Å². The Morgan fingerprint density at radius 2 is 1.69 bits per heavy atom. The lowest BCUT2D eigenvalue weighted by Crippen LogP contribution is -2.48. The lowest BCUT2D eigenvalue weighted by molar-refractivity contribution is -0.130. The van der Waals surface area contributed by atoms with Crippen molar-refractivity contribution in [1.82, 2.24) is 10.2 Å². The van der Waals surface area contributed by atoms with E-state index in [1.54, 1.807) is 0 Å². The number of nitrogens with one attached hydrogen (secondary N) is 1. The number of unbranched alkanes of at least 4 members (excludes halogenated alkanes) is 1. The summed E-state index contributed by atoms with van der Waals surface area (Å²) in [6.45, 7) is 6.84. The van der Waals surface area contributed by atoms with Crippen LogP contribution in [0.25, 0.3) is 0 Å². The SMILES string of the molecule is O=C(NCCCCN1CCOCC1)C1(c2ccc(Br)cc2)CCOCC1. The van der Waals surface area contributed by atoms with Gasteiger partial charge in [-0.25, -0.2) is 0 Å². The number of hydrogen-bond donors (Lipinski definition) is 1. The molecule has 0 spiro atoms. The van der Waals surface area contributed by atoms with E-state index in [9.17, 15) is 4.79 Å². The van der Waals surface area contributed by atoms with E-state index < -0.39 is 5.41 Å². The Hall–Kier alpha value is -0.950. The highest BCUT2D eigenvalue weighted by atomic mass is 79.9. The molecule has 0 aromatic heterocycles. The third kappa shape index (κ3) is 5.06. The van der Waals surface area contributed by atoms with Crippen LogP contribution in [0.5, 0.6) is 0 Å². The standard InChI is InChI=1S/C20H29BrN2O3/c21-18-5-3-17(4-6-18)20(7-13-25-14-8-20)19(24)22-9-1-2-10-23-11-15-26-16-12-23/h3-6H,1-2,7-16H2,(H,22,24). The third-order valence-electron chi connectivity index (χ3n) is 5.47. The molecule has 1 N–H and O–H groups in total. The molecular formula is C20H29BrN2O3. The van der Waals surface area contributed by atoms with Crippen LogP contribution in [0.2, 0.25) is 0 Å². The van der Waals surface area contributed by atoms with Crippen LogP contribution in [0.1, 0.15) is 31.2 Å². The lowest BCUT2D eigenvalue weighted by atomic mass is 9.73. The normalized spacial score (nSPS) is 20.7. The van der Waals surface area contributed by atoms with Crippen molar-refractivity contribution < 1.29 is 14.3 Å². The van der Waals surface area contributed by atoms with E-state index in [-0.39, 0.29) is 5.91 Å². The molecule has 0 radical (unpaired) electrons. The number of morpholine rings is 1. The van der Waals surface area contributed by atoms with Gasteiger partial charge in [-0.15, -0.1) is 0 Å². The van der Waals surface area contributed by atoms with Gasteiger partial charge in [-0.05, 0) is 49.9 Å². The molecule has 0 unspecified atom stereocenters. The Balaban J connectivity index is 1.50. The number of nitrogens with zero attached hydrogens (tertiary/aromatic N) is 1. The zero-order valence-electron chi connectivity index (χ0n) is 15.3. The van der Waals surface area contributed by atoms with Crippen molar-refractivity contribution in [3.63, 3.8) is 0 Å². The molecule has 26 heavy (non-hydrogen) atoms. The van der Waals surface area contributed by atoms with Gasteiger partial charge >= 0.3 is 0 Å². The fraction of sp³-hybridized carbons (Fsp3) is 0.650. The van der Waals surface area contributed by atoms with Crippen LogP contribution in [-0.4, -0.2) is 63.4 Å². The number of halogens is 1. The molecule has 0 bridgehead atoms. The first-order valence-corrected chi connectivity index (χ1v) is 10.4. The molecule has 1 amide bonds. The third-order valence-corrected chi connectivity index (χ3v) is 6.00. The fourth-order valence-corrected chi connectivity index (χ4v) is 4.06. The molecule has 2 aliphatic heterocycles. The van der Waals surface area contributed by atoms with E-state index >= 15 is 0 Å². The number of carbonyl (C=O) groups excluding carboxylic acids is 1.